The maximum atomic E-state index is 12.7. The quantitative estimate of drug-likeness (QED) is 0.856. The van der Waals surface area contributed by atoms with Gasteiger partial charge in [0.25, 0.3) is 5.91 Å². The van der Waals surface area contributed by atoms with Crippen molar-refractivity contribution in [3.8, 4) is 0 Å². The minimum Gasteiger partial charge on any atom is -0.326 e. The number of carbonyl (C=O) groups is 2. The molecule has 1 atom stereocenters. The van der Waals surface area contributed by atoms with Crippen molar-refractivity contribution in [2.75, 3.05) is 11.4 Å². The van der Waals surface area contributed by atoms with Gasteiger partial charge in [0, 0.05) is 11.4 Å². The van der Waals surface area contributed by atoms with Crippen molar-refractivity contribution in [1.82, 2.24) is 4.90 Å². The van der Waals surface area contributed by atoms with Gasteiger partial charge in [-0.15, -0.1) is 0 Å². The van der Waals surface area contributed by atoms with Crippen LogP contribution in [0.5, 0.6) is 0 Å². The molecule has 4 nitrogen and oxygen atoms in total. The summed E-state index contributed by atoms with van der Waals surface area (Å²) in [6.07, 6.45) is 0. The molecule has 4 rings (SSSR count). The first-order valence-electron chi connectivity index (χ1n) is 7.14. The fraction of sp³-hybridized carbons (Fsp3) is 0.176. The van der Waals surface area contributed by atoms with Crippen molar-refractivity contribution in [3.63, 3.8) is 0 Å². The van der Waals surface area contributed by atoms with E-state index in [1.807, 2.05) is 54.6 Å². The number of benzene rings is 2. The average molecular weight is 310 g/mol. The van der Waals surface area contributed by atoms with Crippen LogP contribution in [-0.4, -0.2) is 28.6 Å². The summed E-state index contributed by atoms with van der Waals surface area (Å²) >= 11 is 1.46. The van der Waals surface area contributed by atoms with Crippen molar-refractivity contribution >= 4 is 29.3 Å². The Morgan fingerprint density at radius 2 is 1.73 bits per heavy atom. The zero-order valence-electron chi connectivity index (χ0n) is 11.8. The number of rotatable bonds is 2. The van der Waals surface area contributed by atoms with Gasteiger partial charge in [-0.25, -0.2) is 0 Å². The lowest BCUT2D eigenvalue weighted by Gasteiger charge is -2.35. The molecular weight excluding hydrogens is 296 g/mol. The number of amides is 2. The highest BCUT2D eigenvalue weighted by molar-refractivity contribution is 8.01. The van der Waals surface area contributed by atoms with Gasteiger partial charge < -0.3 is 4.90 Å². The van der Waals surface area contributed by atoms with Crippen LogP contribution >= 0.6 is 11.8 Å². The van der Waals surface area contributed by atoms with Gasteiger partial charge in [-0.2, -0.15) is 0 Å². The molecule has 1 saturated heterocycles. The Hall–Kier alpha value is -2.27. The van der Waals surface area contributed by atoms with Crippen LogP contribution in [0.4, 0.5) is 5.69 Å². The van der Waals surface area contributed by atoms with Crippen LogP contribution in [-0.2, 0) is 16.1 Å². The molecule has 0 spiro atoms. The molecule has 2 aromatic rings. The van der Waals surface area contributed by atoms with Gasteiger partial charge in [-0.1, -0.05) is 54.2 Å². The summed E-state index contributed by atoms with van der Waals surface area (Å²) in [4.78, 5) is 29.5. The third-order valence-electron chi connectivity index (χ3n) is 3.93. The number of hydrogen-bond donors (Lipinski definition) is 0. The van der Waals surface area contributed by atoms with E-state index in [0.717, 1.165) is 16.1 Å². The Bertz CT molecular complexity index is 747. The maximum Gasteiger partial charge on any atom is 0.257 e. The number of anilines is 1. The highest BCUT2D eigenvalue weighted by Gasteiger charge is 2.45. The number of piperazine rings is 1. The van der Waals surface area contributed by atoms with Gasteiger partial charge in [-0.05, 0) is 17.7 Å². The van der Waals surface area contributed by atoms with Crippen molar-refractivity contribution in [3.05, 3.63) is 60.2 Å². The topological polar surface area (TPSA) is 40.6 Å². The second-order valence-electron chi connectivity index (χ2n) is 5.38. The molecule has 110 valence electrons. The normalized spacial score (nSPS) is 20.1. The van der Waals surface area contributed by atoms with Gasteiger partial charge in [0.15, 0.2) is 5.37 Å². The zero-order chi connectivity index (χ0) is 15.1. The van der Waals surface area contributed by atoms with E-state index < -0.39 is 5.37 Å². The Morgan fingerprint density at radius 1 is 1.00 bits per heavy atom. The summed E-state index contributed by atoms with van der Waals surface area (Å²) in [6, 6.07) is 17.5. The number of fused-ring (bicyclic) bond motifs is 3. The molecule has 2 aliphatic heterocycles. The molecule has 22 heavy (non-hydrogen) atoms. The molecule has 0 saturated carbocycles. The number of nitrogens with zero attached hydrogens (tertiary/aromatic N) is 2. The molecule has 0 aliphatic carbocycles. The van der Waals surface area contributed by atoms with Gasteiger partial charge >= 0.3 is 0 Å². The van der Waals surface area contributed by atoms with Crippen molar-refractivity contribution < 1.29 is 9.59 Å². The zero-order valence-corrected chi connectivity index (χ0v) is 12.6. The first-order valence-corrected chi connectivity index (χ1v) is 8.02. The summed E-state index contributed by atoms with van der Waals surface area (Å²) in [5.74, 6) is -0.0114. The van der Waals surface area contributed by atoms with Crippen molar-refractivity contribution in [2.24, 2.45) is 0 Å². The van der Waals surface area contributed by atoms with Gasteiger partial charge in [0.2, 0.25) is 5.91 Å². The summed E-state index contributed by atoms with van der Waals surface area (Å²) in [5, 5.41) is -0.456. The predicted molar refractivity (Wildman–Crippen MR) is 85.4 cm³/mol. The van der Waals surface area contributed by atoms with E-state index in [-0.39, 0.29) is 18.4 Å². The fourth-order valence-electron chi connectivity index (χ4n) is 2.89. The van der Waals surface area contributed by atoms with Crippen molar-refractivity contribution in [1.29, 1.82) is 0 Å². The standard InChI is InChI=1S/C17H14N2O2S/c20-15-11-18(10-12-6-2-1-3-7-12)16(21)17-19(15)13-8-4-5-9-14(13)22-17/h1-9,17H,10-11H2. The van der Waals surface area contributed by atoms with E-state index in [9.17, 15) is 9.59 Å². The fourth-order valence-corrected chi connectivity index (χ4v) is 4.16. The number of para-hydroxylation sites is 1. The lowest BCUT2D eigenvalue weighted by molar-refractivity contribution is -0.139. The third kappa shape index (κ3) is 2.09. The van der Waals surface area contributed by atoms with Crippen LogP contribution < -0.4 is 4.90 Å². The summed E-state index contributed by atoms with van der Waals surface area (Å²) in [7, 11) is 0. The molecule has 0 aromatic heterocycles. The van der Waals surface area contributed by atoms with Crippen molar-refractivity contribution in [2.45, 2.75) is 16.8 Å². The molecule has 0 bridgehead atoms. The lowest BCUT2D eigenvalue weighted by Crippen LogP contribution is -2.57. The van der Waals surface area contributed by atoms with Crippen LogP contribution in [0.15, 0.2) is 59.5 Å². The average Bonchev–Trinajstić information content (AvgIpc) is 2.93. The summed E-state index contributed by atoms with van der Waals surface area (Å²) in [6.45, 7) is 0.617. The maximum absolute atomic E-state index is 12.7. The minimum absolute atomic E-state index is 0.00431. The van der Waals surface area contributed by atoms with Crippen LogP contribution in [0.3, 0.4) is 0 Å². The summed E-state index contributed by atoms with van der Waals surface area (Å²) in [5.41, 5.74) is 1.90. The smallest absolute Gasteiger partial charge is 0.257 e. The molecule has 1 fully saturated rings. The number of thioether (sulfide) groups is 1. The number of carbonyl (C=O) groups excluding carboxylic acids is 2. The first-order chi connectivity index (χ1) is 10.7. The Balaban J connectivity index is 1.62. The second kappa shape index (κ2) is 5.18. The van der Waals surface area contributed by atoms with Crippen LogP contribution in [0.1, 0.15) is 5.56 Å². The Morgan fingerprint density at radius 3 is 2.55 bits per heavy atom. The van der Waals surface area contributed by atoms with E-state index in [1.165, 1.54) is 11.8 Å². The SMILES string of the molecule is O=C1C2Sc3ccccc3N2C(=O)CN1Cc1ccccc1. The molecule has 1 unspecified atom stereocenters. The second-order valence-corrected chi connectivity index (χ2v) is 6.50. The predicted octanol–water partition coefficient (Wildman–Crippen LogP) is 2.49. The summed E-state index contributed by atoms with van der Waals surface area (Å²) < 4.78 is 0. The third-order valence-corrected chi connectivity index (χ3v) is 5.17. The molecule has 5 heteroatoms. The first kappa shape index (κ1) is 13.4. The van der Waals surface area contributed by atoms with E-state index >= 15 is 0 Å². The van der Waals surface area contributed by atoms with Gasteiger partial charge in [0.05, 0.1) is 5.69 Å². The molecule has 0 radical (unpaired) electrons. The lowest BCUT2D eigenvalue weighted by atomic mass is 10.2. The highest BCUT2D eigenvalue weighted by atomic mass is 32.2. The van der Waals surface area contributed by atoms with E-state index in [2.05, 4.69) is 0 Å². The molecule has 2 heterocycles. The Labute approximate surface area is 132 Å². The van der Waals surface area contributed by atoms with Crippen LogP contribution in [0.2, 0.25) is 0 Å². The molecular formula is C17H14N2O2S. The van der Waals surface area contributed by atoms with E-state index in [1.54, 1.807) is 9.80 Å². The molecule has 2 aliphatic rings. The van der Waals surface area contributed by atoms with E-state index in [4.69, 9.17) is 0 Å². The monoisotopic (exact) mass is 310 g/mol. The Kier molecular flexibility index (Phi) is 3.15. The van der Waals surface area contributed by atoms with Gasteiger partial charge in [-0.3, -0.25) is 14.5 Å². The minimum atomic E-state index is -0.456. The largest absolute Gasteiger partial charge is 0.326 e. The molecule has 0 N–H and O–H groups in total. The molecule has 2 aromatic carbocycles. The van der Waals surface area contributed by atoms with Gasteiger partial charge in [0.1, 0.15) is 6.54 Å². The van der Waals surface area contributed by atoms with E-state index in [0.29, 0.717) is 6.54 Å². The molecule has 2 amide bonds. The van der Waals surface area contributed by atoms with Crippen LogP contribution in [0, 0.1) is 0 Å². The van der Waals surface area contributed by atoms with Crippen LogP contribution in [0.25, 0.3) is 0 Å². The number of hydrogen-bond acceptors (Lipinski definition) is 3. The highest BCUT2D eigenvalue weighted by Crippen LogP contribution is 2.45.